The summed E-state index contributed by atoms with van der Waals surface area (Å²) >= 11 is 6.00. The third-order valence-electron chi connectivity index (χ3n) is 3.71. The number of azo groups is 1. The van der Waals surface area contributed by atoms with Crippen molar-refractivity contribution in [3.05, 3.63) is 58.4 Å². The standard InChI is InChI=1S/C17H15ClN4O2/c1-3-11-6-4-5-10(2)14(11)20-21-16-15(17(23)24)19-13-8-7-12(18)9-22(13)16/h4-9H,3H2,1-2H3,(H,23,24). The predicted molar refractivity (Wildman–Crippen MR) is 91.9 cm³/mol. The Morgan fingerprint density at radius 3 is 2.79 bits per heavy atom. The Hall–Kier alpha value is -2.73. The van der Waals surface area contributed by atoms with Crippen molar-refractivity contribution in [2.75, 3.05) is 0 Å². The number of nitrogens with zero attached hydrogens (tertiary/aromatic N) is 4. The van der Waals surface area contributed by atoms with E-state index in [0.717, 1.165) is 23.2 Å². The van der Waals surface area contributed by atoms with Gasteiger partial charge in [-0.1, -0.05) is 36.7 Å². The lowest BCUT2D eigenvalue weighted by Gasteiger charge is -2.05. The molecule has 1 aromatic carbocycles. The molecule has 0 amide bonds. The second-order valence-electron chi connectivity index (χ2n) is 5.30. The molecule has 0 saturated carbocycles. The van der Waals surface area contributed by atoms with Crippen LogP contribution >= 0.6 is 11.6 Å². The number of carboxylic acid groups (broad SMARTS) is 1. The molecule has 0 unspecified atom stereocenters. The number of imidazole rings is 1. The molecule has 0 aliphatic heterocycles. The summed E-state index contributed by atoms with van der Waals surface area (Å²) in [5.41, 5.74) is 3.05. The molecule has 2 aromatic heterocycles. The van der Waals surface area contributed by atoms with Gasteiger partial charge in [0.1, 0.15) is 5.65 Å². The first-order chi connectivity index (χ1) is 11.5. The van der Waals surface area contributed by atoms with Crippen molar-refractivity contribution >= 4 is 34.7 Å². The zero-order valence-electron chi connectivity index (χ0n) is 13.2. The Bertz CT molecular complexity index is 963. The number of hydrogen-bond acceptors (Lipinski definition) is 4. The number of fused-ring (bicyclic) bond motifs is 1. The third kappa shape index (κ3) is 2.88. The van der Waals surface area contributed by atoms with E-state index in [2.05, 4.69) is 15.2 Å². The number of rotatable bonds is 4. The highest BCUT2D eigenvalue weighted by atomic mass is 35.5. The number of aromatic carboxylic acids is 1. The van der Waals surface area contributed by atoms with E-state index < -0.39 is 5.97 Å². The second kappa shape index (κ2) is 6.41. The van der Waals surface area contributed by atoms with Crippen LogP contribution in [0.2, 0.25) is 5.02 Å². The predicted octanol–water partition coefficient (Wildman–Crippen LogP) is 4.97. The van der Waals surface area contributed by atoms with Gasteiger partial charge in [0.05, 0.1) is 10.7 Å². The highest BCUT2D eigenvalue weighted by Gasteiger charge is 2.18. The summed E-state index contributed by atoms with van der Waals surface area (Å²) in [4.78, 5) is 15.5. The zero-order chi connectivity index (χ0) is 17.3. The molecule has 0 saturated heterocycles. The van der Waals surface area contributed by atoms with Gasteiger partial charge in [0.15, 0.2) is 11.5 Å². The number of aromatic nitrogens is 2. The highest BCUT2D eigenvalue weighted by Crippen LogP contribution is 2.29. The van der Waals surface area contributed by atoms with Crippen LogP contribution in [-0.2, 0) is 6.42 Å². The lowest BCUT2D eigenvalue weighted by atomic mass is 10.1. The minimum Gasteiger partial charge on any atom is -0.476 e. The summed E-state index contributed by atoms with van der Waals surface area (Å²) in [6.45, 7) is 3.97. The molecule has 3 aromatic rings. The fourth-order valence-electron chi connectivity index (χ4n) is 2.49. The lowest BCUT2D eigenvalue weighted by molar-refractivity contribution is 0.0692. The Morgan fingerprint density at radius 2 is 2.08 bits per heavy atom. The Kier molecular flexibility index (Phi) is 4.31. The molecule has 0 bridgehead atoms. The fourth-order valence-corrected chi connectivity index (χ4v) is 2.65. The van der Waals surface area contributed by atoms with E-state index in [4.69, 9.17) is 11.6 Å². The smallest absolute Gasteiger partial charge is 0.358 e. The Morgan fingerprint density at radius 1 is 1.29 bits per heavy atom. The van der Waals surface area contributed by atoms with Gasteiger partial charge in [0.25, 0.3) is 0 Å². The maximum absolute atomic E-state index is 11.5. The lowest BCUT2D eigenvalue weighted by Crippen LogP contribution is -1.96. The maximum Gasteiger partial charge on any atom is 0.358 e. The average molecular weight is 343 g/mol. The number of carboxylic acids is 1. The summed E-state index contributed by atoms with van der Waals surface area (Å²) < 4.78 is 1.53. The SMILES string of the molecule is CCc1cccc(C)c1N=Nc1c(C(=O)O)nc2ccc(Cl)cn12. The first-order valence-electron chi connectivity index (χ1n) is 7.42. The third-order valence-corrected chi connectivity index (χ3v) is 3.93. The topological polar surface area (TPSA) is 79.3 Å². The van der Waals surface area contributed by atoms with Crippen molar-refractivity contribution in [3.63, 3.8) is 0 Å². The van der Waals surface area contributed by atoms with Gasteiger partial charge in [-0.15, -0.1) is 10.2 Å². The van der Waals surface area contributed by atoms with E-state index in [9.17, 15) is 9.90 Å². The van der Waals surface area contributed by atoms with Gasteiger partial charge >= 0.3 is 5.97 Å². The Labute approximate surface area is 143 Å². The van der Waals surface area contributed by atoms with Crippen LogP contribution in [0.25, 0.3) is 5.65 Å². The van der Waals surface area contributed by atoms with Crippen LogP contribution in [0.3, 0.4) is 0 Å². The van der Waals surface area contributed by atoms with Gasteiger partial charge in [0, 0.05) is 6.20 Å². The van der Waals surface area contributed by atoms with E-state index in [1.54, 1.807) is 18.3 Å². The highest BCUT2D eigenvalue weighted by molar-refractivity contribution is 6.30. The molecule has 122 valence electrons. The van der Waals surface area contributed by atoms with E-state index in [1.165, 1.54) is 4.40 Å². The maximum atomic E-state index is 11.5. The minimum atomic E-state index is -1.16. The number of benzene rings is 1. The molecule has 3 rings (SSSR count). The van der Waals surface area contributed by atoms with E-state index in [0.29, 0.717) is 10.7 Å². The molecule has 24 heavy (non-hydrogen) atoms. The molecule has 0 aliphatic carbocycles. The summed E-state index contributed by atoms with van der Waals surface area (Å²) in [5, 5.41) is 18.3. The molecule has 7 heteroatoms. The summed E-state index contributed by atoms with van der Waals surface area (Å²) in [6, 6.07) is 9.16. The molecule has 6 nitrogen and oxygen atoms in total. The minimum absolute atomic E-state index is 0.144. The quantitative estimate of drug-likeness (QED) is 0.679. The summed E-state index contributed by atoms with van der Waals surface area (Å²) in [7, 11) is 0. The molecule has 2 heterocycles. The zero-order valence-corrected chi connectivity index (χ0v) is 13.9. The van der Waals surface area contributed by atoms with E-state index in [1.807, 2.05) is 32.0 Å². The van der Waals surface area contributed by atoms with Crippen LogP contribution in [0.15, 0.2) is 46.8 Å². The molecule has 0 aliphatic rings. The van der Waals surface area contributed by atoms with Crippen LogP contribution in [-0.4, -0.2) is 20.5 Å². The van der Waals surface area contributed by atoms with E-state index >= 15 is 0 Å². The van der Waals surface area contributed by atoms with Gasteiger partial charge in [-0.05, 0) is 36.6 Å². The molecule has 0 fully saturated rings. The molecular weight excluding hydrogens is 328 g/mol. The molecule has 0 spiro atoms. The van der Waals surface area contributed by atoms with Crippen molar-refractivity contribution in [3.8, 4) is 0 Å². The van der Waals surface area contributed by atoms with E-state index in [-0.39, 0.29) is 11.5 Å². The number of hydrogen-bond donors (Lipinski definition) is 1. The van der Waals surface area contributed by atoms with Crippen molar-refractivity contribution in [1.82, 2.24) is 9.38 Å². The first-order valence-corrected chi connectivity index (χ1v) is 7.80. The number of pyridine rings is 1. The van der Waals surface area contributed by atoms with Crippen LogP contribution < -0.4 is 0 Å². The molecule has 0 atom stereocenters. The molecule has 1 N–H and O–H groups in total. The van der Waals surface area contributed by atoms with Gasteiger partial charge in [-0.2, -0.15) is 0 Å². The summed E-state index contributed by atoms with van der Waals surface area (Å²) in [5.74, 6) is -1.02. The van der Waals surface area contributed by atoms with Crippen LogP contribution in [0, 0.1) is 6.92 Å². The molecular formula is C17H15ClN4O2. The van der Waals surface area contributed by atoms with Gasteiger partial charge in [0.2, 0.25) is 0 Å². The van der Waals surface area contributed by atoms with Crippen molar-refractivity contribution in [1.29, 1.82) is 0 Å². The fraction of sp³-hybridized carbons (Fsp3) is 0.176. The molecule has 0 radical (unpaired) electrons. The Balaban J connectivity index is 2.18. The second-order valence-corrected chi connectivity index (χ2v) is 5.74. The van der Waals surface area contributed by atoms with Crippen molar-refractivity contribution < 1.29 is 9.90 Å². The van der Waals surface area contributed by atoms with Crippen molar-refractivity contribution in [2.45, 2.75) is 20.3 Å². The van der Waals surface area contributed by atoms with Crippen molar-refractivity contribution in [2.24, 2.45) is 10.2 Å². The number of carbonyl (C=O) groups is 1. The van der Waals surface area contributed by atoms with Crippen LogP contribution in [0.1, 0.15) is 28.5 Å². The van der Waals surface area contributed by atoms with Crippen LogP contribution in [0.4, 0.5) is 11.5 Å². The van der Waals surface area contributed by atoms with Crippen LogP contribution in [0.5, 0.6) is 0 Å². The first kappa shape index (κ1) is 16.1. The monoisotopic (exact) mass is 342 g/mol. The van der Waals surface area contributed by atoms with Gasteiger partial charge in [-0.25, -0.2) is 9.78 Å². The summed E-state index contributed by atoms with van der Waals surface area (Å²) in [6.07, 6.45) is 2.38. The number of aryl methyl sites for hydroxylation is 2. The van der Waals surface area contributed by atoms with Gasteiger partial charge in [-0.3, -0.25) is 4.40 Å². The normalized spacial score (nSPS) is 11.5. The average Bonchev–Trinajstić information content (AvgIpc) is 2.91. The largest absolute Gasteiger partial charge is 0.476 e. The number of halogens is 1. The van der Waals surface area contributed by atoms with Gasteiger partial charge < -0.3 is 5.11 Å².